The van der Waals surface area contributed by atoms with E-state index in [-0.39, 0.29) is 24.7 Å². The molecule has 0 atom stereocenters. The van der Waals surface area contributed by atoms with Gasteiger partial charge in [-0.3, -0.25) is 9.59 Å². The number of nitrogens with zero attached hydrogens (tertiary/aromatic N) is 3. The predicted octanol–water partition coefficient (Wildman–Crippen LogP) is 3.49. The van der Waals surface area contributed by atoms with Crippen molar-refractivity contribution in [2.75, 3.05) is 10.6 Å². The first-order valence-corrected chi connectivity index (χ1v) is 9.26. The van der Waals surface area contributed by atoms with Crippen LogP contribution in [0.5, 0.6) is 0 Å². The highest BCUT2D eigenvalue weighted by atomic mass is 32.1. The van der Waals surface area contributed by atoms with Gasteiger partial charge in [-0.2, -0.15) is 0 Å². The third-order valence-corrected chi connectivity index (χ3v) is 5.09. The van der Waals surface area contributed by atoms with E-state index in [1.54, 1.807) is 6.33 Å². The van der Waals surface area contributed by atoms with Crippen LogP contribution in [0.3, 0.4) is 0 Å². The van der Waals surface area contributed by atoms with Gasteiger partial charge in [-0.25, -0.2) is 9.97 Å². The van der Waals surface area contributed by atoms with Crippen molar-refractivity contribution < 1.29 is 9.59 Å². The van der Waals surface area contributed by atoms with Gasteiger partial charge in [-0.15, -0.1) is 11.3 Å². The first-order valence-electron chi connectivity index (χ1n) is 8.45. The fourth-order valence-corrected chi connectivity index (χ4v) is 3.38. The fourth-order valence-electron chi connectivity index (χ4n) is 2.55. The number of aryl methyl sites for hydroxylation is 3. The summed E-state index contributed by atoms with van der Waals surface area (Å²) in [7, 11) is 0. The normalized spacial score (nSPS) is 10.9. The maximum absolute atomic E-state index is 12.1. The quantitative estimate of drug-likeness (QED) is 0.694. The number of aromatic nitrogens is 3. The Labute approximate surface area is 155 Å². The van der Waals surface area contributed by atoms with Gasteiger partial charge in [0.2, 0.25) is 11.8 Å². The smallest absolute Gasteiger partial charge is 0.226 e. The molecule has 2 aromatic heterocycles. The van der Waals surface area contributed by atoms with Gasteiger partial charge < -0.3 is 15.2 Å². The van der Waals surface area contributed by atoms with Crippen LogP contribution in [0, 0.1) is 13.8 Å². The molecule has 7 nitrogen and oxygen atoms in total. The van der Waals surface area contributed by atoms with Gasteiger partial charge in [-0.05, 0) is 39.0 Å². The number of carbonyl (C=O) groups is 2. The number of nitrogens with one attached hydrogen (secondary N) is 2. The molecule has 3 rings (SSSR count). The number of hydrogen-bond acceptors (Lipinski definition) is 5. The number of amides is 2. The zero-order valence-electron chi connectivity index (χ0n) is 15.0. The minimum absolute atomic E-state index is 0.107. The highest BCUT2D eigenvalue weighted by Crippen LogP contribution is 2.21. The monoisotopic (exact) mass is 371 g/mol. The second-order valence-electron chi connectivity index (χ2n) is 5.99. The minimum Gasteiger partial charge on any atom is -0.331 e. The Morgan fingerprint density at radius 3 is 2.54 bits per heavy atom. The van der Waals surface area contributed by atoms with Crippen LogP contribution in [-0.2, 0) is 16.1 Å². The van der Waals surface area contributed by atoms with Gasteiger partial charge >= 0.3 is 0 Å². The number of thiazole rings is 1. The molecular formula is C18H21N5O2S. The summed E-state index contributed by atoms with van der Waals surface area (Å²) in [4.78, 5) is 33.7. The summed E-state index contributed by atoms with van der Waals surface area (Å²) in [6.07, 6.45) is 2.00. The van der Waals surface area contributed by atoms with Gasteiger partial charge in [0.15, 0.2) is 5.13 Å². The van der Waals surface area contributed by atoms with Crippen LogP contribution in [-0.4, -0.2) is 26.3 Å². The highest BCUT2D eigenvalue weighted by Gasteiger charge is 2.11. The summed E-state index contributed by atoms with van der Waals surface area (Å²) >= 11 is 1.43. The van der Waals surface area contributed by atoms with Crippen molar-refractivity contribution in [2.45, 2.75) is 40.2 Å². The molecule has 0 aliphatic carbocycles. The third kappa shape index (κ3) is 4.08. The number of anilines is 2. The van der Waals surface area contributed by atoms with E-state index in [0.29, 0.717) is 10.8 Å². The third-order valence-electron chi connectivity index (χ3n) is 4.10. The van der Waals surface area contributed by atoms with Crippen LogP contribution in [0.4, 0.5) is 10.8 Å². The number of imidazole rings is 1. The molecule has 1 aromatic carbocycles. The molecule has 0 saturated heterocycles. The van der Waals surface area contributed by atoms with E-state index in [4.69, 9.17) is 0 Å². The average Bonchev–Trinajstić information content (AvgIpc) is 3.15. The molecule has 8 heteroatoms. The molecule has 0 aliphatic heterocycles. The molecule has 3 aromatic rings. The summed E-state index contributed by atoms with van der Waals surface area (Å²) in [5.74, 6) is -0.424. The molecule has 136 valence electrons. The Kier molecular flexibility index (Phi) is 5.32. The van der Waals surface area contributed by atoms with E-state index >= 15 is 0 Å². The molecule has 2 amide bonds. The molecule has 0 bridgehead atoms. The standard InChI is InChI=1S/C18H21N5O2S/c1-4-23-10-19-14-9-13(5-6-15(14)23)21-16(24)7-8-17(25)22-18-20-11(2)12(3)26-18/h5-6,9-10H,4,7-8H2,1-3H3,(H,21,24)(H,20,22,25). The molecule has 0 fully saturated rings. The largest absolute Gasteiger partial charge is 0.331 e. The maximum Gasteiger partial charge on any atom is 0.226 e. The molecule has 0 saturated carbocycles. The van der Waals surface area contributed by atoms with Crippen LogP contribution in [0.15, 0.2) is 24.5 Å². The summed E-state index contributed by atoms with van der Waals surface area (Å²) in [6.45, 7) is 6.75. The zero-order valence-corrected chi connectivity index (χ0v) is 15.8. The van der Waals surface area contributed by atoms with Gasteiger partial charge in [0.1, 0.15) is 0 Å². The fraction of sp³-hybridized carbons (Fsp3) is 0.333. The predicted molar refractivity (Wildman–Crippen MR) is 103 cm³/mol. The molecule has 2 N–H and O–H groups in total. The van der Waals surface area contributed by atoms with Gasteiger partial charge in [-0.1, -0.05) is 0 Å². The SMILES string of the molecule is CCn1cnc2cc(NC(=O)CCC(=O)Nc3nc(C)c(C)s3)ccc21. The van der Waals surface area contributed by atoms with Gasteiger partial charge in [0.05, 0.1) is 23.1 Å². The van der Waals surface area contributed by atoms with E-state index in [2.05, 4.69) is 27.5 Å². The topological polar surface area (TPSA) is 88.9 Å². The molecule has 26 heavy (non-hydrogen) atoms. The number of fused-ring (bicyclic) bond motifs is 1. The number of carbonyl (C=O) groups excluding carboxylic acids is 2. The Morgan fingerprint density at radius 2 is 1.88 bits per heavy atom. The van der Waals surface area contributed by atoms with E-state index < -0.39 is 0 Å². The molecule has 0 spiro atoms. The number of benzene rings is 1. The Morgan fingerprint density at radius 1 is 1.15 bits per heavy atom. The van der Waals surface area contributed by atoms with E-state index in [1.807, 2.05) is 36.6 Å². The van der Waals surface area contributed by atoms with E-state index in [9.17, 15) is 9.59 Å². The molecule has 0 unspecified atom stereocenters. The number of rotatable bonds is 6. The lowest BCUT2D eigenvalue weighted by molar-refractivity contribution is -0.121. The molecular weight excluding hydrogens is 350 g/mol. The average molecular weight is 371 g/mol. The van der Waals surface area contributed by atoms with Crippen molar-refractivity contribution in [3.63, 3.8) is 0 Å². The zero-order chi connectivity index (χ0) is 18.7. The number of hydrogen-bond donors (Lipinski definition) is 2. The maximum atomic E-state index is 12.1. The lowest BCUT2D eigenvalue weighted by Crippen LogP contribution is -2.17. The highest BCUT2D eigenvalue weighted by molar-refractivity contribution is 7.15. The first kappa shape index (κ1) is 18.1. The van der Waals surface area contributed by atoms with Crippen LogP contribution in [0.25, 0.3) is 11.0 Å². The molecule has 0 aliphatic rings. The second-order valence-corrected chi connectivity index (χ2v) is 7.19. The lowest BCUT2D eigenvalue weighted by Gasteiger charge is -2.06. The van der Waals surface area contributed by atoms with Crippen LogP contribution in [0.2, 0.25) is 0 Å². The Hall–Kier alpha value is -2.74. The van der Waals surface area contributed by atoms with Crippen LogP contribution >= 0.6 is 11.3 Å². The summed E-state index contributed by atoms with van der Waals surface area (Å²) in [5.41, 5.74) is 3.44. The van der Waals surface area contributed by atoms with Gasteiger partial charge in [0.25, 0.3) is 0 Å². The lowest BCUT2D eigenvalue weighted by atomic mass is 10.2. The second kappa shape index (κ2) is 7.65. The molecule has 0 radical (unpaired) electrons. The summed E-state index contributed by atoms with van der Waals surface area (Å²) < 4.78 is 2.04. The van der Waals surface area contributed by atoms with Crippen molar-refractivity contribution in [1.82, 2.24) is 14.5 Å². The van der Waals surface area contributed by atoms with Gasteiger partial charge in [0, 0.05) is 30.0 Å². The molecule has 2 heterocycles. The van der Waals surface area contributed by atoms with Crippen LogP contribution < -0.4 is 10.6 Å². The van der Waals surface area contributed by atoms with Crippen LogP contribution in [0.1, 0.15) is 30.3 Å². The van der Waals surface area contributed by atoms with Crippen molar-refractivity contribution in [2.24, 2.45) is 0 Å². The van der Waals surface area contributed by atoms with E-state index in [1.165, 1.54) is 11.3 Å². The summed E-state index contributed by atoms with van der Waals surface area (Å²) in [5, 5.41) is 6.12. The van der Waals surface area contributed by atoms with Crippen molar-refractivity contribution in [1.29, 1.82) is 0 Å². The van der Waals surface area contributed by atoms with Crippen molar-refractivity contribution >= 4 is 45.0 Å². The minimum atomic E-state index is -0.217. The first-order chi connectivity index (χ1) is 12.5. The Balaban J connectivity index is 1.52. The summed E-state index contributed by atoms with van der Waals surface area (Å²) in [6, 6.07) is 5.61. The van der Waals surface area contributed by atoms with Crippen molar-refractivity contribution in [3.8, 4) is 0 Å². The van der Waals surface area contributed by atoms with E-state index in [0.717, 1.165) is 28.1 Å². The Bertz CT molecular complexity index is 940. The van der Waals surface area contributed by atoms with Crippen molar-refractivity contribution in [3.05, 3.63) is 35.1 Å².